The molecule has 0 radical (unpaired) electrons. The molecule has 0 saturated carbocycles. The molecule has 0 saturated heterocycles. The number of carbonyl (C=O) groups is 3. The lowest BCUT2D eigenvalue weighted by atomic mass is 10.1. The highest BCUT2D eigenvalue weighted by Crippen LogP contribution is 2.35. The molecule has 0 unspecified atom stereocenters. The number of methoxy groups -OCH3 is 1. The minimum absolute atomic E-state index is 0.121. The van der Waals surface area contributed by atoms with Gasteiger partial charge in [-0.1, -0.05) is 72.8 Å². The van der Waals surface area contributed by atoms with Gasteiger partial charge in [0.25, 0.3) is 5.91 Å². The summed E-state index contributed by atoms with van der Waals surface area (Å²) in [5, 5.41) is 5.90. The van der Waals surface area contributed by atoms with Gasteiger partial charge in [0.1, 0.15) is 17.6 Å². The summed E-state index contributed by atoms with van der Waals surface area (Å²) in [5.74, 6) is 0.741. The SMILES string of the molecule is CC[C@H](SC1=Nc2ccccc2C2=N[C@H](CCC(=O)NCc3ccc(OC)cc3)C(=O)N12)C(=O)NCc1ccc(C)cc1. The Bertz CT molecular complexity index is 1550. The zero-order chi connectivity index (χ0) is 30.3. The van der Waals surface area contributed by atoms with Crippen LogP contribution in [0.25, 0.3) is 0 Å². The molecule has 2 aliphatic rings. The van der Waals surface area contributed by atoms with Crippen LogP contribution in [0.4, 0.5) is 5.69 Å². The monoisotopic (exact) mass is 597 g/mol. The number of hydrogen-bond donors (Lipinski definition) is 2. The van der Waals surface area contributed by atoms with E-state index in [2.05, 4.69) is 10.6 Å². The number of aryl methyl sites for hydroxylation is 1. The maximum atomic E-state index is 13.7. The Labute approximate surface area is 255 Å². The van der Waals surface area contributed by atoms with Gasteiger partial charge in [0.2, 0.25) is 11.8 Å². The minimum atomic E-state index is -0.714. The third-order valence-corrected chi connectivity index (χ3v) is 8.66. The number of ether oxygens (including phenoxy) is 1. The van der Waals surface area contributed by atoms with Crippen molar-refractivity contribution in [1.82, 2.24) is 15.5 Å². The van der Waals surface area contributed by atoms with Crippen LogP contribution < -0.4 is 15.4 Å². The average Bonchev–Trinajstić information content (AvgIpc) is 3.37. The Hall–Kier alpha value is -4.44. The fourth-order valence-corrected chi connectivity index (χ4v) is 5.87. The van der Waals surface area contributed by atoms with Crippen molar-refractivity contribution in [2.45, 2.75) is 57.5 Å². The zero-order valence-electron chi connectivity index (χ0n) is 24.5. The summed E-state index contributed by atoms with van der Waals surface area (Å²) in [7, 11) is 1.61. The molecule has 9 nitrogen and oxygen atoms in total. The Balaban J connectivity index is 1.24. The number of rotatable bonds is 11. The molecule has 5 rings (SSSR count). The number of para-hydroxylation sites is 1. The van der Waals surface area contributed by atoms with Crippen LogP contribution in [0.2, 0.25) is 0 Å². The van der Waals surface area contributed by atoms with E-state index in [-0.39, 0.29) is 30.6 Å². The molecule has 10 heteroatoms. The second-order valence-electron chi connectivity index (χ2n) is 10.4. The molecule has 0 fully saturated rings. The van der Waals surface area contributed by atoms with Crippen LogP contribution in [0.1, 0.15) is 48.4 Å². The van der Waals surface area contributed by atoms with Crippen LogP contribution >= 0.6 is 11.8 Å². The number of aliphatic imine (C=N–C) groups is 2. The first-order valence-corrected chi connectivity index (χ1v) is 15.2. The summed E-state index contributed by atoms with van der Waals surface area (Å²) in [4.78, 5) is 50.5. The van der Waals surface area contributed by atoms with Crippen molar-refractivity contribution in [2.24, 2.45) is 9.98 Å². The highest BCUT2D eigenvalue weighted by Gasteiger charge is 2.42. The van der Waals surface area contributed by atoms with Crippen molar-refractivity contribution in [3.63, 3.8) is 0 Å². The Morgan fingerprint density at radius 1 is 0.977 bits per heavy atom. The Morgan fingerprint density at radius 3 is 2.35 bits per heavy atom. The minimum Gasteiger partial charge on any atom is -0.497 e. The lowest BCUT2D eigenvalue weighted by Crippen LogP contribution is -2.43. The number of thioether (sulfide) groups is 1. The first-order valence-electron chi connectivity index (χ1n) is 14.4. The van der Waals surface area contributed by atoms with Gasteiger partial charge in [-0.2, -0.15) is 0 Å². The molecule has 2 heterocycles. The lowest BCUT2D eigenvalue weighted by Gasteiger charge is -2.27. The van der Waals surface area contributed by atoms with E-state index in [1.165, 1.54) is 16.7 Å². The van der Waals surface area contributed by atoms with Crippen LogP contribution in [0.3, 0.4) is 0 Å². The molecule has 0 aliphatic carbocycles. The third kappa shape index (κ3) is 7.14. The summed E-state index contributed by atoms with van der Waals surface area (Å²) in [6.45, 7) is 4.76. The molecule has 3 aromatic rings. The van der Waals surface area contributed by atoms with E-state index in [4.69, 9.17) is 14.7 Å². The molecule has 2 atom stereocenters. The molecule has 2 N–H and O–H groups in total. The molecule has 43 heavy (non-hydrogen) atoms. The van der Waals surface area contributed by atoms with Crippen LogP contribution in [0.15, 0.2) is 82.8 Å². The molecule has 0 aromatic heterocycles. The smallest absolute Gasteiger partial charge is 0.259 e. The quantitative estimate of drug-likeness (QED) is 0.327. The van der Waals surface area contributed by atoms with Gasteiger partial charge in [0, 0.05) is 25.1 Å². The lowest BCUT2D eigenvalue weighted by molar-refractivity contribution is -0.125. The first kappa shape index (κ1) is 30.0. The number of carbonyl (C=O) groups excluding carboxylic acids is 3. The van der Waals surface area contributed by atoms with Crippen molar-refractivity contribution in [3.8, 4) is 5.75 Å². The van der Waals surface area contributed by atoms with Gasteiger partial charge in [-0.25, -0.2) is 9.89 Å². The predicted octanol–water partition coefficient (Wildman–Crippen LogP) is 4.89. The van der Waals surface area contributed by atoms with E-state index in [0.29, 0.717) is 36.2 Å². The highest BCUT2D eigenvalue weighted by atomic mass is 32.2. The number of nitrogens with one attached hydrogen (secondary N) is 2. The van der Waals surface area contributed by atoms with Gasteiger partial charge in [0.05, 0.1) is 18.0 Å². The number of amidine groups is 2. The summed E-state index contributed by atoms with van der Waals surface area (Å²) in [6, 6.07) is 22.3. The summed E-state index contributed by atoms with van der Waals surface area (Å²) in [6.07, 6.45) is 0.969. The summed E-state index contributed by atoms with van der Waals surface area (Å²) < 4.78 is 5.17. The molecular formula is C33H35N5O4S. The van der Waals surface area contributed by atoms with Crippen LogP contribution in [-0.2, 0) is 27.5 Å². The highest BCUT2D eigenvalue weighted by molar-refractivity contribution is 8.15. The molecule has 0 bridgehead atoms. The van der Waals surface area contributed by atoms with Crippen LogP contribution in [-0.4, -0.2) is 52.0 Å². The summed E-state index contributed by atoms with van der Waals surface area (Å²) >= 11 is 1.26. The zero-order valence-corrected chi connectivity index (χ0v) is 25.3. The Kier molecular flexibility index (Phi) is 9.56. The summed E-state index contributed by atoms with van der Waals surface area (Å²) in [5.41, 5.74) is 4.58. The number of nitrogens with zero attached hydrogens (tertiary/aromatic N) is 3. The van der Waals surface area contributed by atoms with E-state index < -0.39 is 11.3 Å². The number of amides is 3. The second kappa shape index (κ2) is 13.7. The molecule has 3 amide bonds. The van der Waals surface area contributed by atoms with E-state index in [1.54, 1.807) is 7.11 Å². The topological polar surface area (TPSA) is 112 Å². The predicted molar refractivity (Wildman–Crippen MR) is 169 cm³/mol. The van der Waals surface area contributed by atoms with E-state index >= 15 is 0 Å². The van der Waals surface area contributed by atoms with Gasteiger partial charge in [-0.05, 0) is 55.2 Å². The largest absolute Gasteiger partial charge is 0.497 e. The fraction of sp³-hybridized carbons (Fsp3) is 0.303. The molecule has 3 aromatic carbocycles. The molecule has 0 spiro atoms. The van der Waals surface area contributed by atoms with Gasteiger partial charge >= 0.3 is 0 Å². The van der Waals surface area contributed by atoms with E-state index in [9.17, 15) is 14.4 Å². The van der Waals surface area contributed by atoms with E-state index in [0.717, 1.165) is 28.0 Å². The average molecular weight is 598 g/mol. The standard InChI is InChI=1S/C33H35N5O4S/c1-4-28(31(40)35-20-22-11-9-21(2)10-12-22)43-33-37-26-8-6-5-7-25(26)30-36-27(32(41)38(30)33)17-18-29(39)34-19-23-13-15-24(42-3)16-14-23/h5-16,27-28H,4,17-20H2,1-3H3,(H,34,39)(H,35,40)/t27-,28+/m1/s1. The molecule has 222 valence electrons. The van der Waals surface area contributed by atoms with Crippen molar-refractivity contribution in [3.05, 3.63) is 95.1 Å². The number of fused-ring (bicyclic) bond motifs is 3. The first-order chi connectivity index (χ1) is 20.9. The molecular weight excluding hydrogens is 562 g/mol. The number of hydrogen-bond acceptors (Lipinski definition) is 7. The third-order valence-electron chi connectivity index (χ3n) is 7.34. The Morgan fingerprint density at radius 2 is 1.65 bits per heavy atom. The number of benzene rings is 3. The van der Waals surface area contributed by atoms with Crippen molar-refractivity contribution < 1.29 is 19.1 Å². The maximum Gasteiger partial charge on any atom is 0.259 e. The maximum absolute atomic E-state index is 13.7. The van der Waals surface area contributed by atoms with Crippen molar-refractivity contribution in [1.29, 1.82) is 0 Å². The van der Waals surface area contributed by atoms with Crippen LogP contribution in [0, 0.1) is 6.92 Å². The molecule has 2 aliphatic heterocycles. The van der Waals surface area contributed by atoms with Crippen molar-refractivity contribution in [2.75, 3.05) is 7.11 Å². The van der Waals surface area contributed by atoms with Gasteiger partial charge in [-0.3, -0.25) is 19.4 Å². The van der Waals surface area contributed by atoms with E-state index in [1.807, 2.05) is 86.6 Å². The van der Waals surface area contributed by atoms with Gasteiger partial charge < -0.3 is 15.4 Å². The normalized spacial score (nSPS) is 16.0. The second-order valence-corrected chi connectivity index (χ2v) is 11.6. The van der Waals surface area contributed by atoms with Crippen LogP contribution in [0.5, 0.6) is 5.75 Å². The fourth-order valence-electron chi connectivity index (χ4n) is 4.83. The van der Waals surface area contributed by atoms with Gasteiger partial charge in [-0.15, -0.1) is 0 Å². The van der Waals surface area contributed by atoms with Crippen molar-refractivity contribution >= 4 is 46.2 Å². The van der Waals surface area contributed by atoms with Gasteiger partial charge in [0.15, 0.2) is 5.17 Å².